The van der Waals surface area contributed by atoms with E-state index in [4.69, 9.17) is 10.7 Å². The van der Waals surface area contributed by atoms with Gasteiger partial charge in [-0.3, -0.25) is 4.79 Å². The number of rotatable bonds is 1. The molecule has 4 rings (SSSR count). The van der Waals surface area contributed by atoms with E-state index in [0.717, 1.165) is 40.8 Å². The van der Waals surface area contributed by atoms with Gasteiger partial charge >= 0.3 is 0 Å². The summed E-state index contributed by atoms with van der Waals surface area (Å²) in [5.41, 5.74) is 10.8. The van der Waals surface area contributed by atoms with Crippen molar-refractivity contribution in [2.75, 3.05) is 18.4 Å². The zero-order valence-corrected chi connectivity index (χ0v) is 15.2. The Morgan fingerprint density at radius 1 is 1.12 bits per heavy atom. The normalized spacial score (nSPS) is 18.1. The molecule has 0 unspecified atom stereocenters. The maximum Gasteiger partial charge on any atom is 0.253 e. The smallest absolute Gasteiger partial charge is 0.253 e. The van der Waals surface area contributed by atoms with Crippen LogP contribution in [0, 0.1) is 13.8 Å². The number of benzene rings is 2. The van der Waals surface area contributed by atoms with Crippen LogP contribution in [0.4, 0.5) is 5.69 Å². The summed E-state index contributed by atoms with van der Waals surface area (Å²) in [6.45, 7) is 5.38. The van der Waals surface area contributed by atoms with Gasteiger partial charge in [-0.15, -0.1) is 0 Å². The summed E-state index contributed by atoms with van der Waals surface area (Å²) in [6.07, 6.45) is 1.50. The molecule has 0 bridgehead atoms. The number of anilines is 1. The lowest BCUT2D eigenvalue weighted by atomic mass is 9.93. The number of nitrogens with two attached hydrogens (primary N) is 1. The Morgan fingerprint density at radius 3 is 2.46 bits per heavy atom. The van der Waals surface area contributed by atoms with Crippen molar-refractivity contribution in [2.45, 2.75) is 32.4 Å². The van der Waals surface area contributed by atoms with Gasteiger partial charge in [0.05, 0.1) is 0 Å². The van der Waals surface area contributed by atoms with E-state index < -0.39 is 5.66 Å². The van der Waals surface area contributed by atoms with Crippen LogP contribution in [-0.4, -0.2) is 35.4 Å². The van der Waals surface area contributed by atoms with Crippen molar-refractivity contribution in [2.24, 2.45) is 10.7 Å². The van der Waals surface area contributed by atoms with E-state index in [1.165, 1.54) is 0 Å². The SMILES string of the molecule is Cc1cc(C)cc(C(=O)N2CCC3(CC2)N=C(N)c2ccccc2N3)c1. The van der Waals surface area contributed by atoms with Crippen LogP contribution in [-0.2, 0) is 0 Å². The molecule has 0 aliphatic carbocycles. The fourth-order valence-corrected chi connectivity index (χ4v) is 3.98. The molecule has 1 spiro atoms. The van der Waals surface area contributed by atoms with Gasteiger partial charge in [-0.25, -0.2) is 4.99 Å². The molecule has 0 atom stereocenters. The first-order chi connectivity index (χ1) is 12.5. The highest BCUT2D eigenvalue weighted by Gasteiger charge is 2.38. The van der Waals surface area contributed by atoms with Crippen LogP contribution in [0.3, 0.4) is 0 Å². The van der Waals surface area contributed by atoms with E-state index in [9.17, 15) is 4.79 Å². The summed E-state index contributed by atoms with van der Waals surface area (Å²) < 4.78 is 0. The molecule has 0 aromatic heterocycles. The summed E-state index contributed by atoms with van der Waals surface area (Å²) >= 11 is 0. The van der Waals surface area contributed by atoms with Crippen molar-refractivity contribution in [3.05, 3.63) is 64.7 Å². The first kappa shape index (κ1) is 16.6. The third-order valence-electron chi connectivity index (χ3n) is 5.25. The van der Waals surface area contributed by atoms with E-state index in [1.807, 2.05) is 55.1 Å². The third-order valence-corrected chi connectivity index (χ3v) is 5.25. The highest BCUT2D eigenvalue weighted by atomic mass is 16.2. The summed E-state index contributed by atoms with van der Waals surface area (Å²) in [6, 6.07) is 14.0. The molecule has 5 nitrogen and oxygen atoms in total. The lowest BCUT2D eigenvalue weighted by Crippen LogP contribution is -2.52. The largest absolute Gasteiger partial charge is 0.383 e. The van der Waals surface area contributed by atoms with Gasteiger partial charge in [0, 0.05) is 42.7 Å². The number of fused-ring (bicyclic) bond motifs is 1. The molecule has 5 heteroatoms. The van der Waals surface area contributed by atoms with Gasteiger partial charge in [0.25, 0.3) is 5.91 Å². The lowest BCUT2D eigenvalue weighted by molar-refractivity contribution is 0.0685. The van der Waals surface area contributed by atoms with Gasteiger partial charge < -0.3 is 16.0 Å². The fourth-order valence-electron chi connectivity index (χ4n) is 3.98. The van der Waals surface area contributed by atoms with Crippen LogP contribution < -0.4 is 11.1 Å². The Bertz CT molecular complexity index is 874. The minimum absolute atomic E-state index is 0.0970. The molecular formula is C21H24N4O. The van der Waals surface area contributed by atoms with E-state index >= 15 is 0 Å². The van der Waals surface area contributed by atoms with Crippen molar-refractivity contribution in [3.8, 4) is 0 Å². The Morgan fingerprint density at radius 2 is 1.77 bits per heavy atom. The predicted molar refractivity (Wildman–Crippen MR) is 105 cm³/mol. The number of hydrogen-bond acceptors (Lipinski definition) is 4. The van der Waals surface area contributed by atoms with Gasteiger partial charge in [0.2, 0.25) is 0 Å². The van der Waals surface area contributed by atoms with Gasteiger partial charge in [0.15, 0.2) is 0 Å². The molecule has 2 aromatic rings. The van der Waals surface area contributed by atoms with Gasteiger partial charge in [-0.1, -0.05) is 29.3 Å². The van der Waals surface area contributed by atoms with Crippen molar-refractivity contribution < 1.29 is 4.79 Å². The number of amides is 1. The van der Waals surface area contributed by atoms with Gasteiger partial charge in [-0.05, 0) is 38.1 Å². The molecule has 0 saturated carbocycles. The molecule has 2 aliphatic rings. The topological polar surface area (TPSA) is 70.7 Å². The van der Waals surface area contributed by atoms with Crippen LogP contribution in [0.1, 0.15) is 39.9 Å². The second-order valence-corrected chi connectivity index (χ2v) is 7.37. The average molecular weight is 348 g/mol. The Kier molecular flexibility index (Phi) is 3.94. The Hall–Kier alpha value is -2.82. The summed E-state index contributed by atoms with van der Waals surface area (Å²) in [5.74, 6) is 0.674. The fraction of sp³-hybridized carbons (Fsp3) is 0.333. The van der Waals surface area contributed by atoms with Crippen LogP contribution in [0.25, 0.3) is 0 Å². The number of carbonyl (C=O) groups is 1. The number of likely N-dealkylation sites (tertiary alicyclic amines) is 1. The molecule has 134 valence electrons. The molecule has 2 aromatic carbocycles. The van der Waals surface area contributed by atoms with E-state index in [0.29, 0.717) is 18.9 Å². The Balaban J connectivity index is 1.51. The third kappa shape index (κ3) is 2.94. The monoisotopic (exact) mass is 348 g/mol. The molecule has 1 fully saturated rings. The van der Waals surface area contributed by atoms with Crippen LogP contribution in [0.5, 0.6) is 0 Å². The minimum atomic E-state index is -0.405. The lowest BCUT2D eigenvalue weighted by Gasteiger charge is -2.42. The molecule has 3 N–H and O–H groups in total. The second kappa shape index (κ2) is 6.16. The highest BCUT2D eigenvalue weighted by molar-refractivity contribution is 6.04. The first-order valence-electron chi connectivity index (χ1n) is 9.06. The number of para-hydroxylation sites is 1. The number of aryl methyl sites for hydroxylation is 2. The highest BCUT2D eigenvalue weighted by Crippen LogP contribution is 2.34. The van der Waals surface area contributed by atoms with E-state index in [2.05, 4.69) is 11.4 Å². The molecule has 1 amide bonds. The summed E-state index contributed by atoms with van der Waals surface area (Å²) in [7, 11) is 0. The molecular weight excluding hydrogens is 324 g/mol. The molecule has 1 saturated heterocycles. The maximum atomic E-state index is 12.9. The van der Waals surface area contributed by atoms with Crippen molar-refractivity contribution in [3.63, 3.8) is 0 Å². The summed E-state index contributed by atoms with van der Waals surface area (Å²) in [5, 5.41) is 3.55. The standard InChI is InChI=1S/C21H24N4O/c1-14-11-15(2)13-16(12-14)20(26)25-9-7-21(8-10-25)23-18-6-4-3-5-17(18)19(22)24-21/h3-6,11-13,23H,7-10H2,1-2H3,(H2,22,24). The number of piperidine rings is 1. The zero-order chi connectivity index (χ0) is 18.3. The zero-order valence-electron chi connectivity index (χ0n) is 15.2. The molecule has 2 aliphatic heterocycles. The van der Waals surface area contributed by atoms with Gasteiger partial charge in [0.1, 0.15) is 11.5 Å². The summed E-state index contributed by atoms with van der Waals surface area (Å²) in [4.78, 5) is 19.6. The second-order valence-electron chi connectivity index (χ2n) is 7.37. The van der Waals surface area contributed by atoms with Crippen molar-refractivity contribution in [1.82, 2.24) is 4.90 Å². The quantitative estimate of drug-likeness (QED) is 0.832. The van der Waals surface area contributed by atoms with Gasteiger partial charge in [-0.2, -0.15) is 0 Å². The maximum absolute atomic E-state index is 12.9. The first-order valence-corrected chi connectivity index (χ1v) is 9.06. The van der Waals surface area contributed by atoms with E-state index in [1.54, 1.807) is 0 Å². The molecule has 2 heterocycles. The Labute approximate surface area is 153 Å². The number of hydrogen-bond donors (Lipinski definition) is 2. The minimum Gasteiger partial charge on any atom is -0.383 e. The number of carbonyl (C=O) groups excluding carboxylic acids is 1. The molecule has 0 radical (unpaired) electrons. The number of nitrogens with one attached hydrogen (secondary N) is 1. The van der Waals surface area contributed by atoms with E-state index in [-0.39, 0.29) is 5.91 Å². The average Bonchev–Trinajstić information content (AvgIpc) is 2.61. The number of amidine groups is 1. The van der Waals surface area contributed by atoms with Crippen LogP contribution in [0.2, 0.25) is 0 Å². The molecule has 26 heavy (non-hydrogen) atoms. The number of nitrogens with zero attached hydrogens (tertiary/aromatic N) is 2. The van der Waals surface area contributed by atoms with Crippen molar-refractivity contribution >= 4 is 17.4 Å². The van der Waals surface area contributed by atoms with Crippen LogP contribution in [0.15, 0.2) is 47.5 Å². The van der Waals surface area contributed by atoms with Crippen LogP contribution >= 0.6 is 0 Å². The van der Waals surface area contributed by atoms with Crippen molar-refractivity contribution in [1.29, 1.82) is 0 Å². The predicted octanol–water partition coefficient (Wildman–Crippen LogP) is 3.07. The number of aliphatic imine (C=N–C) groups is 1.